The van der Waals surface area contributed by atoms with Crippen LogP contribution in [0.25, 0.3) is 0 Å². The molecular formula is C15H14FNO3. The van der Waals surface area contributed by atoms with E-state index >= 15 is 0 Å². The number of carbonyl (C=O) groups is 2. The molecule has 20 heavy (non-hydrogen) atoms. The van der Waals surface area contributed by atoms with Gasteiger partial charge in [-0.15, -0.1) is 0 Å². The van der Waals surface area contributed by atoms with Crippen LogP contribution in [-0.4, -0.2) is 17.5 Å². The number of amides is 1. The second kappa shape index (κ2) is 4.16. The molecule has 1 N–H and O–H groups in total. The van der Waals surface area contributed by atoms with E-state index < -0.39 is 17.5 Å². The third-order valence-corrected chi connectivity index (χ3v) is 3.69. The Labute approximate surface area is 115 Å². The standard InChI is InChI=1S/C15H14FNO3/c1-15(2)13-12(14(19)20-15)10(7-11(18)17-13)8-4-3-5-9(16)6-8/h3-6,10H,7H2,1-2H3,(H,17,18). The van der Waals surface area contributed by atoms with E-state index in [1.165, 1.54) is 12.1 Å². The molecule has 0 fully saturated rings. The first-order valence-electron chi connectivity index (χ1n) is 6.42. The Morgan fingerprint density at radius 3 is 2.80 bits per heavy atom. The maximum absolute atomic E-state index is 13.4. The van der Waals surface area contributed by atoms with E-state index in [9.17, 15) is 14.0 Å². The SMILES string of the molecule is CC1(C)OC(=O)C2=C1NC(=O)CC2c1cccc(F)c1. The molecule has 104 valence electrons. The summed E-state index contributed by atoms with van der Waals surface area (Å²) in [5.74, 6) is -1.48. The number of ether oxygens (including phenoxy) is 1. The monoisotopic (exact) mass is 275 g/mol. The fraction of sp³-hybridized carbons (Fsp3) is 0.333. The number of hydrogen-bond donors (Lipinski definition) is 1. The van der Waals surface area contributed by atoms with Crippen molar-refractivity contribution < 1.29 is 18.7 Å². The maximum atomic E-state index is 13.4. The Bertz CT molecular complexity index is 648. The summed E-state index contributed by atoms with van der Waals surface area (Å²) in [6, 6.07) is 5.98. The topological polar surface area (TPSA) is 55.4 Å². The van der Waals surface area contributed by atoms with Gasteiger partial charge in [0, 0.05) is 12.3 Å². The van der Waals surface area contributed by atoms with Crippen LogP contribution < -0.4 is 5.32 Å². The van der Waals surface area contributed by atoms with Gasteiger partial charge in [-0.25, -0.2) is 9.18 Å². The number of benzene rings is 1. The molecule has 0 saturated carbocycles. The van der Waals surface area contributed by atoms with E-state index in [-0.39, 0.29) is 18.1 Å². The molecule has 0 aliphatic carbocycles. The quantitative estimate of drug-likeness (QED) is 0.798. The number of carbonyl (C=O) groups excluding carboxylic acids is 2. The summed E-state index contributed by atoms with van der Waals surface area (Å²) < 4.78 is 18.7. The van der Waals surface area contributed by atoms with Crippen LogP contribution in [0, 0.1) is 5.82 Å². The van der Waals surface area contributed by atoms with Crippen LogP contribution in [0.3, 0.4) is 0 Å². The summed E-state index contributed by atoms with van der Waals surface area (Å²) in [5.41, 5.74) is 0.684. The van der Waals surface area contributed by atoms with Crippen molar-refractivity contribution in [1.82, 2.24) is 5.32 Å². The molecule has 0 radical (unpaired) electrons. The zero-order valence-electron chi connectivity index (χ0n) is 11.2. The molecular weight excluding hydrogens is 261 g/mol. The summed E-state index contributed by atoms with van der Waals surface area (Å²) in [7, 11) is 0. The van der Waals surface area contributed by atoms with Gasteiger partial charge < -0.3 is 10.1 Å². The second-order valence-corrected chi connectivity index (χ2v) is 5.55. The Morgan fingerprint density at radius 1 is 1.35 bits per heavy atom. The lowest BCUT2D eigenvalue weighted by atomic mass is 9.83. The zero-order chi connectivity index (χ0) is 14.5. The largest absolute Gasteiger partial charge is 0.450 e. The van der Waals surface area contributed by atoms with Crippen LogP contribution in [0.15, 0.2) is 35.5 Å². The van der Waals surface area contributed by atoms with Gasteiger partial charge in [0.1, 0.15) is 11.4 Å². The van der Waals surface area contributed by atoms with Gasteiger partial charge in [0.05, 0.1) is 11.3 Å². The minimum Gasteiger partial charge on any atom is -0.450 e. The van der Waals surface area contributed by atoms with Gasteiger partial charge in [-0.05, 0) is 31.5 Å². The van der Waals surface area contributed by atoms with Gasteiger partial charge in [-0.2, -0.15) is 0 Å². The molecule has 0 spiro atoms. The molecule has 2 aliphatic heterocycles. The number of esters is 1. The predicted molar refractivity (Wildman–Crippen MR) is 69.1 cm³/mol. The normalized spacial score (nSPS) is 24.2. The zero-order valence-corrected chi connectivity index (χ0v) is 11.2. The van der Waals surface area contributed by atoms with E-state index in [1.807, 2.05) is 0 Å². The molecule has 5 heteroatoms. The average molecular weight is 275 g/mol. The lowest BCUT2D eigenvalue weighted by Gasteiger charge is -2.27. The minimum absolute atomic E-state index is 0.119. The number of halogens is 1. The van der Waals surface area contributed by atoms with Gasteiger partial charge in [-0.3, -0.25) is 4.79 Å². The molecule has 3 rings (SSSR count). The Balaban J connectivity index is 2.13. The van der Waals surface area contributed by atoms with Crippen LogP contribution in [0.4, 0.5) is 4.39 Å². The first-order chi connectivity index (χ1) is 9.38. The molecule has 1 aromatic carbocycles. The highest BCUT2D eigenvalue weighted by molar-refractivity contribution is 5.99. The van der Waals surface area contributed by atoms with Crippen molar-refractivity contribution >= 4 is 11.9 Å². The van der Waals surface area contributed by atoms with E-state index in [0.717, 1.165) is 0 Å². The second-order valence-electron chi connectivity index (χ2n) is 5.55. The van der Waals surface area contributed by atoms with Crippen molar-refractivity contribution in [2.45, 2.75) is 31.8 Å². The third kappa shape index (κ3) is 1.90. The number of nitrogens with one attached hydrogen (secondary N) is 1. The van der Waals surface area contributed by atoms with Gasteiger partial charge in [-0.1, -0.05) is 12.1 Å². The van der Waals surface area contributed by atoms with Crippen LogP contribution in [0.1, 0.15) is 31.7 Å². The lowest BCUT2D eigenvalue weighted by molar-refractivity contribution is -0.144. The van der Waals surface area contributed by atoms with Gasteiger partial charge >= 0.3 is 5.97 Å². The van der Waals surface area contributed by atoms with Crippen LogP contribution in [-0.2, 0) is 14.3 Å². The Hall–Kier alpha value is -2.17. The van der Waals surface area contributed by atoms with Crippen molar-refractivity contribution in [1.29, 1.82) is 0 Å². The number of cyclic esters (lactones) is 1. The minimum atomic E-state index is -0.853. The molecule has 1 atom stereocenters. The maximum Gasteiger partial charge on any atom is 0.337 e. The first kappa shape index (κ1) is 12.8. The number of rotatable bonds is 1. The van der Waals surface area contributed by atoms with Crippen molar-refractivity contribution in [2.75, 3.05) is 0 Å². The van der Waals surface area contributed by atoms with E-state index in [2.05, 4.69) is 5.32 Å². The van der Waals surface area contributed by atoms with Crippen molar-refractivity contribution in [2.24, 2.45) is 0 Å². The van der Waals surface area contributed by atoms with Gasteiger partial charge in [0.25, 0.3) is 0 Å². The fourth-order valence-electron chi connectivity index (χ4n) is 2.78. The van der Waals surface area contributed by atoms with Crippen LogP contribution in [0.5, 0.6) is 0 Å². The van der Waals surface area contributed by atoms with Crippen molar-refractivity contribution in [3.05, 3.63) is 46.9 Å². The molecule has 1 unspecified atom stereocenters. The molecule has 1 amide bonds. The van der Waals surface area contributed by atoms with Crippen LogP contribution >= 0.6 is 0 Å². The molecule has 1 aromatic rings. The average Bonchev–Trinajstić information content (AvgIpc) is 2.59. The van der Waals surface area contributed by atoms with E-state index in [0.29, 0.717) is 16.8 Å². The van der Waals surface area contributed by atoms with Crippen molar-refractivity contribution in [3.8, 4) is 0 Å². The molecule has 0 aromatic heterocycles. The highest BCUT2D eigenvalue weighted by atomic mass is 19.1. The summed E-state index contributed by atoms with van der Waals surface area (Å²) in [4.78, 5) is 23.9. The Morgan fingerprint density at radius 2 is 2.10 bits per heavy atom. The molecule has 0 saturated heterocycles. The van der Waals surface area contributed by atoms with E-state index in [1.54, 1.807) is 26.0 Å². The summed E-state index contributed by atoms with van der Waals surface area (Å²) in [5, 5.41) is 2.71. The highest BCUT2D eigenvalue weighted by Gasteiger charge is 2.47. The van der Waals surface area contributed by atoms with Gasteiger partial charge in [0.15, 0.2) is 0 Å². The fourth-order valence-corrected chi connectivity index (χ4v) is 2.78. The lowest BCUT2D eigenvalue weighted by Crippen LogP contribution is -2.38. The smallest absolute Gasteiger partial charge is 0.337 e. The first-order valence-corrected chi connectivity index (χ1v) is 6.42. The predicted octanol–water partition coefficient (Wildman–Crippen LogP) is 2.02. The van der Waals surface area contributed by atoms with Gasteiger partial charge in [0.2, 0.25) is 5.91 Å². The summed E-state index contributed by atoms with van der Waals surface area (Å²) in [6.07, 6.45) is 0.119. The molecule has 0 bridgehead atoms. The van der Waals surface area contributed by atoms with E-state index in [4.69, 9.17) is 4.74 Å². The third-order valence-electron chi connectivity index (χ3n) is 3.69. The molecule has 4 nitrogen and oxygen atoms in total. The molecule has 2 heterocycles. The van der Waals surface area contributed by atoms with Crippen molar-refractivity contribution in [3.63, 3.8) is 0 Å². The highest BCUT2D eigenvalue weighted by Crippen LogP contribution is 2.42. The molecule has 2 aliphatic rings. The summed E-state index contributed by atoms with van der Waals surface area (Å²) >= 11 is 0. The van der Waals surface area contributed by atoms with Crippen LogP contribution in [0.2, 0.25) is 0 Å². The Kier molecular flexibility index (Phi) is 2.67. The number of hydrogen-bond acceptors (Lipinski definition) is 3. The summed E-state index contributed by atoms with van der Waals surface area (Å²) in [6.45, 7) is 3.45.